The zero-order chi connectivity index (χ0) is 12.4. The molecule has 17 heavy (non-hydrogen) atoms. The lowest BCUT2D eigenvalue weighted by Crippen LogP contribution is -2.58. The van der Waals surface area contributed by atoms with Crippen LogP contribution in [-0.4, -0.2) is 35.8 Å². The molecule has 0 saturated carbocycles. The number of imide groups is 1. The van der Waals surface area contributed by atoms with Gasteiger partial charge in [-0.1, -0.05) is 6.07 Å². The van der Waals surface area contributed by atoms with E-state index in [4.69, 9.17) is 5.73 Å². The molecule has 2 amide bonds. The summed E-state index contributed by atoms with van der Waals surface area (Å²) in [5.74, 6) is -0.514. The Balaban J connectivity index is 2.24. The SMILES string of the molecule is CC1C(=O)NC(=O)CN1C(CN)c1cccs1. The Morgan fingerprint density at radius 3 is 3.00 bits per heavy atom. The number of nitrogens with one attached hydrogen (secondary N) is 1. The summed E-state index contributed by atoms with van der Waals surface area (Å²) in [6.07, 6.45) is 0. The van der Waals surface area contributed by atoms with E-state index in [0.29, 0.717) is 6.54 Å². The van der Waals surface area contributed by atoms with E-state index in [0.717, 1.165) is 4.88 Å². The van der Waals surface area contributed by atoms with Crippen LogP contribution in [0.1, 0.15) is 17.8 Å². The van der Waals surface area contributed by atoms with E-state index in [2.05, 4.69) is 5.32 Å². The van der Waals surface area contributed by atoms with Crippen molar-refractivity contribution in [3.05, 3.63) is 22.4 Å². The van der Waals surface area contributed by atoms with Crippen LogP contribution in [0.3, 0.4) is 0 Å². The summed E-state index contributed by atoms with van der Waals surface area (Å²) in [6, 6.07) is 3.52. The summed E-state index contributed by atoms with van der Waals surface area (Å²) in [5.41, 5.74) is 5.77. The molecular formula is C11H15N3O2S. The van der Waals surface area contributed by atoms with Gasteiger partial charge in [0.25, 0.3) is 0 Å². The third kappa shape index (κ3) is 2.38. The molecule has 1 aromatic heterocycles. The molecule has 2 heterocycles. The Bertz CT molecular complexity index is 418. The van der Waals surface area contributed by atoms with Crippen molar-refractivity contribution < 1.29 is 9.59 Å². The topological polar surface area (TPSA) is 75.4 Å². The first-order chi connectivity index (χ1) is 8.13. The Hall–Kier alpha value is -1.24. The number of nitrogens with two attached hydrogens (primary N) is 1. The van der Waals surface area contributed by atoms with Crippen molar-refractivity contribution in [2.45, 2.75) is 19.0 Å². The molecule has 0 aromatic carbocycles. The molecule has 0 spiro atoms. The molecule has 0 aliphatic carbocycles. The van der Waals surface area contributed by atoms with Crippen LogP contribution in [0.5, 0.6) is 0 Å². The fraction of sp³-hybridized carbons (Fsp3) is 0.455. The van der Waals surface area contributed by atoms with Gasteiger partial charge in [0.2, 0.25) is 11.8 Å². The summed E-state index contributed by atoms with van der Waals surface area (Å²) >= 11 is 1.59. The second-order valence-corrected chi connectivity index (χ2v) is 5.01. The number of carbonyl (C=O) groups excluding carboxylic acids is 2. The van der Waals surface area contributed by atoms with Crippen molar-refractivity contribution >= 4 is 23.2 Å². The lowest BCUT2D eigenvalue weighted by molar-refractivity contribution is -0.140. The molecule has 1 aliphatic heterocycles. The quantitative estimate of drug-likeness (QED) is 0.749. The minimum atomic E-state index is -0.330. The van der Waals surface area contributed by atoms with E-state index >= 15 is 0 Å². The van der Waals surface area contributed by atoms with Crippen LogP contribution < -0.4 is 11.1 Å². The monoisotopic (exact) mass is 253 g/mol. The van der Waals surface area contributed by atoms with Gasteiger partial charge in [0, 0.05) is 11.4 Å². The summed E-state index contributed by atoms with van der Waals surface area (Å²) in [4.78, 5) is 25.9. The Labute approximate surface area is 104 Å². The molecule has 1 fully saturated rings. The number of thiophene rings is 1. The third-order valence-corrected chi connectivity index (χ3v) is 3.93. The van der Waals surface area contributed by atoms with E-state index in [1.165, 1.54) is 0 Å². The number of hydrogen-bond acceptors (Lipinski definition) is 5. The molecule has 2 unspecified atom stereocenters. The zero-order valence-corrected chi connectivity index (χ0v) is 10.4. The van der Waals surface area contributed by atoms with Gasteiger partial charge in [0.05, 0.1) is 18.6 Å². The van der Waals surface area contributed by atoms with Crippen molar-refractivity contribution in [3.63, 3.8) is 0 Å². The third-order valence-electron chi connectivity index (χ3n) is 2.96. The smallest absolute Gasteiger partial charge is 0.243 e. The van der Waals surface area contributed by atoms with Crippen LogP contribution in [0.4, 0.5) is 0 Å². The van der Waals surface area contributed by atoms with E-state index < -0.39 is 0 Å². The number of rotatable bonds is 3. The van der Waals surface area contributed by atoms with Crippen LogP contribution in [0.15, 0.2) is 17.5 Å². The average Bonchev–Trinajstić information content (AvgIpc) is 2.79. The van der Waals surface area contributed by atoms with Gasteiger partial charge in [-0.3, -0.25) is 19.8 Å². The summed E-state index contributed by atoms with van der Waals surface area (Å²) < 4.78 is 0. The van der Waals surface area contributed by atoms with Crippen molar-refractivity contribution in [2.75, 3.05) is 13.1 Å². The maximum atomic E-state index is 11.6. The van der Waals surface area contributed by atoms with Crippen molar-refractivity contribution in [1.82, 2.24) is 10.2 Å². The Morgan fingerprint density at radius 2 is 2.41 bits per heavy atom. The van der Waals surface area contributed by atoms with Crippen molar-refractivity contribution in [2.24, 2.45) is 5.73 Å². The second-order valence-electron chi connectivity index (χ2n) is 4.03. The Kier molecular flexibility index (Phi) is 3.56. The molecule has 3 N–H and O–H groups in total. The second kappa shape index (κ2) is 4.95. The summed E-state index contributed by atoms with van der Waals surface area (Å²) in [5, 5.41) is 4.29. The number of piperazine rings is 1. The van der Waals surface area contributed by atoms with Crippen molar-refractivity contribution in [3.8, 4) is 0 Å². The number of hydrogen-bond donors (Lipinski definition) is 2. The Morgan fingerprint density at radius 1 is 1.65 bits per heavy atom. The number of amides is 2. The fourth-order valence-corrected chi connectivity index (χ4v) is 2.87. The predicted octanol–water partition coefficient (Wildman–Crippen LogP) is 0.0948. The van der Waals surface area contributed by atoms with Crippen LogP contribution in [0.2, 0.25) is 0 Å². The molecule has 0 bridgehead atoms. The average molecular weight is 253 g/mol. The summed E-state index contributed by atoms with van der Waals surface area (Å²) in [6.45, 7) is 2.40. The van der Waals surface area contributed by atoms with Gasteiger partial charge >= 0.3 is 0 Å². The van der Waals surface area contributed by atoms with E-state index in [9.17, 15) is 9.59 Å². The van der Waals surface area contributed by atoms with E-state index in [-0.39, 0.29) is 30.4 Å². The molecule has 5 nitrogen and oxygen atoms in total. The molecule has 2 atom stereocenters. The first kappa shape index (κ1) is 12.2. The van der Waals surface area contributed by atoms with Crippen LogP contribution in [0.25, 0.3) is 0 Å². The molecular weight excluding hydrogens is 238 g/mol. The first-order valence-corrected chi connectivity index (χ1v) is 6.34. The van der Waals surface area contributed by atoms with E-state index in [1.54, 1.807) is 18.3 Å². The highest BCUT2D eigenvalue weighted by Gasteiger charge is 2.35. The molecule has 0 radical (unpaired) electrons. The van der Waals surface area contributed by atoms with Crippen LogP contribution >= 0.6 is 11.3 Å². The van der Waals surface area contributed by atoms with E-state index in [1.807, 2.05) is 22.4 Å². The highest BCUT2D eigenvalue weighted by Crippen LogP contribution is 2.26. The highest BCUT2D eigenvalue weighted by atomic mass is 32.1. The minimum Gasteiger partial charge on any atom is -0.329 e. The van der Waals surface area contributed by atoms with Crippen LogP contribution in [0, 0.1) is 0 Å². The standard InChI is InChI=1S/C11H15N3O2S/c1-7-11(16)13-10(15)6-14(7)8(5-12)9-3-2-4-17-9/h2-4,7-8H,5-6,12H2,1H3,(H,13,15,16). The molecule has 1 aliphatic rings. The minimum absolute atomic E-state index is 0.0694. The lowest BCUT2D eigenvalue weighted by Gasteiger charge is -2.36. The largest absolute Gasteiger partial charge is 0.329 e. The molecule has 6 heteroatoms. The van der Waals surface area contributed by atoms with Gasteiger partial charge in [0.1, 0.15) is 0 Å². The van der Waals surface area contributed by atoms with Gasteiger partial charge in [-0.05, 0) is 18.4 Å². The van der Waals surface area contributed by atoms with Gasteiger partial charge in [0.15, 0.2) is 0 Å². The molecule has 1 saturated heterocycles. The fourth-order valence-electron chi connectivity index (χ4n) is 2.01. The molecule has 1 aromatic rings. The van der Waals surface area contributed by atoms with Crippen molar-refractivity contribution in [1.29, 1.82) is 0 Å². The summed E-state index contributed by atoms with van der Waals surface area (Å²) in [7, 11) is 0. The first-order valence-electron chi connectivity index (χ1n) is 5.46. The zero-order valence-electron chi connectivity index (χ0n) is 9.55. The molecule has 2 rings (SSSR count). The molecule has 92 valence electrons. The van der Waals surface area contributed by atoms with Crippen LogP contribution in [-0.2, 0) is 9.59 Å². The maximum Gasteiger partial charge on any atom is 0.243 e. The predicted molar refractivity (Wildman–Crippen MR) is 65.4 cm³/mol. The maximum absolute atomic E-state index is 11.6. The lowest BCUT2D eigenvalue weighted by atomic mass is 10.1. The van der Waals surface area contributed by atoms with Gasteiger partial charge in [-0.15, -0.1) is 11.3 Å². The van der Waals surface area contributed by atoms with Gasteiger partial charge in [-0.2, -0.15) is 0 Å². The number of carbonyl (C=O) groups is 2. The van der Waals surface area contributed by atoms with Gasteiger partial charge < -0.3 is 5.73 Å². The number of nitrogens with zero attached hydrogens (tertiary/aromatic N) is 1. The highest BCUT2D eigenvalue weighted by molar-refractivity contribution is 7.10. The normalized spacial score (nSPS) is 23.5. The van der Waals surface area contributed by atoms with Gasteiger partial charge in [-0.25, -0.2) is 0 Å².